The first-order chi connectivity index (χ1) is 15.9. The van der Waals surface area contributed by atoms with Crippen molar-refractivity contribution in [2.75, 3.05) is 6.54 Å². The molecule has 2 amide bonds. The highest BCUT2D eigenvalue weighted by Crippen LogP contribution is 2.25. The summed E-state index contributed by atoms with van der Waals surface area (Å²) in [6, 6.07) is 22.2. The number of benzene rings is 3. The Morgan fingerprint density at radius 2 is 1.61 bits per heavy atom. The van der Waals surface area contributed by atoms with Crippen LogP contribution in [0.3, 0.4) is 0 Å². The van der Waals surface area contributed by atoms with Crippen molar-refractivity contribution >= 4 is 35.0 Å². The molecule has 0 radical (unpaired) electrons. The molecular formula is C27H28Cl2N2O2. The number of hydrogen-bond acceptors (Lipinski definition) is 2. The Morgan fingerprint density at radius 3 is 2.27 bits per heavy atom. The van der Waals surface area contributed by atoms with Gasteiger partial charge in [-0.2, -0.15) is 0 Å². The lowest BCUT2D eigenvalue weighted by Crippen LogP contribution is -2.51. The third kappa shape index (κ3) is 6.83. The van der Waals surface area contributed by atoms with Crippen LogP contribution in [-0.4, -0.2) is 29.3 Å². The maximum atomic E-state index is 13.6. The molecule has 0 bridgehead atoms. The highest BCUT2D eigenvalue weighted by atomic mass is 35.5. The van der Waals surface area contributed by atoms with Gasteiger partial charge < -0.3 is 10.2 Å². The van der Waals surface area contributed by atoms with Gasteiger partial charge in [-0.3, -0.25) is 9.59 Å². The molecule has 33 heavy (non-hydrogen) atoms. The molecule has 1 atom stereocenters. The third-order valence-corrected chi connectivity index (χ3v) is 6.30. The second-order valence-corrected chi connectivity index (χ2v) is 8.79. The first-order valence-electron chi connectivity index (χ1n) is 11.0. The first kappa shape index (κ1) is 24.8. The van der Waals surface area contributed by atoms with Crippen molar-refractivity contribution < 1.29 is 9.59 Å². The molecule has 0 heterocycles. The summed E-state index contributed by atoms with van der Waals surface area (Å²) in [7, 11) is 0. The standard InChI is InChI=1S/C27H28Cl2N2O2/c1-3-30-27(33)25(16-20-10-5-4-6-11-20)31(18-21-13-14-23(28)24(29)15-21)26(32)17-22-12-8-7-9-19(22)2/h4-15,25H,3,16-18H2,1-2H3,(H,30,33)/t25-/m0/s1. The zero-order chi connectivity index (χ0) is 23.8. The van der Waals surface area contributed by atoms with Crippen molar-refractivity contribution in [2.45, 2.75) is 39.3 Å². The van der Waals surface area contributed by atoms with E-state index in [0.717, 1.165) is 22.3 Å². The number of carbonyl (C=O) groups excluding carboxylic acids is 2. The molecule has 3 rings (SSSR count). The zero-order valence-corrected chi connectivity index (χ0v) is 20.4. The number of halogens is 2. The van der Waals surface area contributed by atoms with Gasteiger partial charge in [-0.15, -0.1) is 0 Å². The first-order valence-corrected chi connectivity index (χ1v) is 11.7. The van der Waals surface area contributed by atoms with Gasteiger partial charge in [-0.1, -0.05) is 83.9 Å². The van der Waals surface area contributed by atoms with Crippen molar-refractivity contribution in [3.05, 3.63) is 105 Å². The maximum Gasteiger partial charge on any atom is 0.243 e. The van der Waals surface area contributed by atoms with Crippen molar-refractivity contribution in [3.63, 3.8) is 0 Å². The van der Waals surface area contributed by atoms with Gasteiger partial charge in [0.05, 0.1) is 16.5 Å². The second kappa shape index (κ2) is 11.9. The van der Waals surface area contributed by atoms with E-state index in [-0.39, 0.29) is 24.8 Å². The minimum atomic E-state index is -0.668. The SMILES string of the molecule is CCNC(=O)[C@H](Cc1ccccc1)N(Cc1ccc(Cl)c(Cl)c1)C(=O)Cc1ccccc1C. The van der Waals surface area contributed by atoms with E-state index in [1.807, 2.05) is 74.5 Å². The van der Waals surface area contributed by atoms with E-state index in [1.54, 1.807) is 17.0 Å². The molecule has 0 aliphatic heterocycles. The zero-order valence-electron chi connectivity index (χ0n) is 18.9. The van der Waals surface area contributed by atoms with Gasteiger partial charge in [0, 0.05) is 19.5 Å². The molecular weight excluding hydrogens is 455 g/mol. The topological polar surface area (TPSA) is 49.4 Å². The van der Waals surface area contributed by atoms with Gasteiger partial charge in [-0.05, 0) is 48.2 Å². The summed E-state index contributed by atoms with van der Waals surface area (Å²) < 4.78 is 0. The van der Waals surface area contributed by atoms with Crippen molar-refractivity contribution in [1.82, 2.24) is 10.2 Å². The number of likely N-dealkylation sites (N-methyl/N-ethyl adjacent to an activating group) is 1. The van der Waals surface area contributed by atoms with Crippen LogP contribution in [0, 0.1) is 6.92 Å². The number of nitrogens with one attached hydrogen (secondary N) is 1. The molecule has 0 spiro atoms. The van der Waals surface area contributed by atoms with Crippen molar-refractivity contribution in [1.29, 1.82) is 0 Å². The Labute approximate surface area is 205 Å². The smallest absolute Gasteiger partial charge is 0.243 e. The normalized spacial score (nSPS) is 11.6. The Morgan fingerprint density at radius 1 is 0.909 bits per heavy atom. The minimum absolute atomic E-state index is 0.123. The molecule has 0 saturated carbocycles. The second-order valence-electron chi connectivity index (χ2n) is 7.97. The van der Waals surface area contributed by atoms with E-state index in [9.17, 15) is 9.59 Å². The fraction of sp³-hybridized carbons (Fsp3) is 0.259. The van der Waals surface area contributed by atoms with Crippen LogP contribution in [0.2, 0.25) is 10.0 Å². The number of hydrogen-bond donors (Lipinski definition) is 1. The van der Waals surface area contributed by atoms with Gasteiger partial charge >= 0.3 is 0 Å². The Balaban J connectivity index is 1.98. The van der Waals surface area contributed by atoms with Crippen LogP contribution < -0.4 is 5.32 Å². The minimum Gasteiger partial charge on any atom is -0.355 e. The number of aryl methyl sites for hydroxylation is 1. The summed E-state index contributed by atoms with van der Waals surface area (Å²) in [5.41, 5.74) is 3.77. The molecule has 1 N–H and O–H groups in total. The summed E-state index contributed by atoms with van der Waals surface area (Å²) in [5.74, 6) is -0.304. The van der Waals surface area contributed by atoms with Crippen molar-refractivity contribution in [3.8, 4) is 0 Å². The summed E-state index contributed by atoms with van der Waals surface area (Å²) >= 11 is 12.3. The molecule has 4 nitrogen and oxygen atoms in total. The van der Waals surface area contributed by atoms with Crippen LogP contribution >= 0.6 is 23.2 Å². The molecule has 3 aromatic carbocycles. The predicted octanol–water partition coefficient (Wildman–Crippen LogP) is 5.62. The quantitative estimate of drug-likeness (QED) is 0.430. The lowest BCUT2D eigenvalue weighted by atomic mass is 10.0. The summed E-state index contributed by atoms with van der Waals surface area (Å²) in [6.45, 7) is 4.58. The van der Waals surface area contributed by atoms with Gasteiger partial charge in [0.1, 0.15) is 6.04 Å². The Hall–Kier alpha value is -2.82. The lowest BCUT2D eigenvalue weighted by Gasteiger charge is -2.32. The molecule has 0 aromatic heterocycles. The van der Waals surface area contributed by atoms with Crippen LogP contribution in [0.1, 0.15) is 29.2 Å². The van der Waals surface area contributed by atoms with E-state index in [1.165, 1.54) is 0 Å². The molecule has 172 valence electrons. The average Bonchev–Trinajstić information content (AvgIpc) is 2.80. The predicted molar refractivity (Wildman–Crippen MR) is 135 cm³/mol. The van der Waals surface area contributed by atoms with Crippen LogP contribution in [-0.2, 0) is 29.0 Å². The molecule has 0 aliphatic carbocycles. The summed E-state index contributed by atoms with van der Waals surface area (Å²) in [5, 5.41) is 3.76. The van der Waals surface area contributed by atoms with Gasteiger partial charge in [0.25, 0.3) is 0 Å². The van der Waals surface area contributed by atoms with Gasteiger partial charge in [0.2, 0.25) is 11.8 Å². The Bertz CT molecular complexity index is 1100. The monoisotopic (exact) mass is 482 g/mol. The highest BCUT2D eigenvalue weighted by Gasteiger charge is 2.30. The van der Waals surface area contributed by atoms with Crippen LogP contribution in [0.25, 0.3) is 0 Å². The summed E-state index contributed by atoms with van der Waals surface area (Å²) in [4.78, 5) is 28.5. The molecule has 0 aliphatic rings. The fourth-order valence-corrected chi connectivity index (χ4v) is 4.07. The van der Waals surface area contributed by atoms with Gasteiger partial charge in [0.15, 0.2) is 0 Å². The molecule has 3 aromatic rings. The number of carbonyl (C=O) groups is 2. The van der Waals surface area contributed by atoms with Crippen LogP contribution in [0.15, 0.2) is 72.8 Å². The van der Waals surface area contributed by atoms with Crippen LogP contribution in [0.4, 0.5) is 0 Å². The number of nitrogens with zero attached hydrogens (tertiary/aromatic N) is 1. The molecule has 0 saturated heterocycles. The maximum absolute atomic E-state index is 13.6. The molecule has 0 unspecified atom stereocenters. The van der Waals surface area contributed by atoms with E-state index in [0.29, 0.717) is 23.0 Å². The fourth-order valence-electron chi connectivity index (χ4n) is 3.75. The van der Waals surface area contributed by atoms with Crippen molar-refractivity contribution in [2.24, 2.45) is 0 Å². The lowest BCUT2D eigenvalue weighted by molar-refractivity contribution is -0.140. The third-order valence-electron chi connectivity index (χ3n) is 5.56. The number of rotatable bonds is 9. The summed E-state index contributed by atoms with van der Waals surface area (Å²) in [6.07, 6.45) is 0.617. The largest absolute Gasteiger partial charge is 0.355 e. The molecule has 0 fully saturated rings. The van der Waals surface area contributed by atoms with E-state index < -0.39 is 6.04 Å². The molecule has 6 heteroatoms. The average molecular weight is 483 g/mol. The van der Waals surface area contributed by atoms with Crippen LogP contribution in [0.5, 0.6) is 0 Å². The highest BCUT2D eigenvalue weighted by molar-refractivity contribution is 6.42. The Kier molecular flexibility index (Phi) is 8.93. The van der Waals surface area contributed by atoms with E-state index >= 15 is 0 Å². The van der Waals surface area contributed by atoms with Gasteiger partial charge in [-0.25, -0.2) is 0 Å². The van der Waals surface area contributed by atoms with E-state index in [4.69, 9.17) is 23.2 Å². The van der Waals surface area contributed by atoms with E-state index in [2.05, 4.69) is 5.32 Å². The number of amides is 2.